The lowest BCUT2D eigenvalue weighted by atomic mass is 10.2. The Morgan fingerprint density at radius 1 is 1.04 bits per heavy atom. The minimum Gasteiger partial charge on any atom is -0.383 e. The molecule has 4 nitrogen and oxygen atoms in total. The highest BCUT2D eigenvalue weighted by atomic mass is 32.1. The molecule has 0 saturated carbocycles. The van der Waals surface area contributed by atoms with Crippen molar-refractivity contribution in [3.63, 3.8) is 0 Å². The first kappa shape index (κ1) is 19.2. The van der Waals surface area contributed by atoms with Crippen LogP contribution in [-0.2, 0) is 12.7 Å². The van der Waals surface area contributed by atoms with Crippen molar-refractivity contribution in [2.24, 2.45) is 0 Å². The summed E-state index contributed by atoms with van der Waals surface area (Å²) >= 11 is 1.50. The molecule has 2 heterocycles. The first-order valence-electron chi connectivity index (χ1n) is 8.40. The Morgan fingerprint density at radius 3 is 2.44 bits per heavy atom. The number of pyridine rings is 1. The van der Waals surface area contributed by atoms with Crippen LogP contribution >= 0.6 is 11.3 Å². The fourth-order valence-corrected chi connectivity index (χ4v) is 3.31. The number of rotatable bonds is 6. The van der Waals surface area contributed by atoms with Gasteiger partial charge in [0, 0.05) is 40.3 Å². The molecule has 3 aromatic rings. The van der Waals surface area contributed by atoms with Gasteiger partial charge in [-0.25, -0.2) is 4.98 Å². The van der Waals surface area contributed by atoms with Crippen LogP contribution in [-0.4, -0.2) is 16.0 Å². The van der Waals surface area contributed by atoms with Crippen LogP contribution in [0.15, 0.2) is 48.8 Å². The molecule has 0 aliphatic rings. The summed E-state index contributed by atoms with van der Waals surface area (Å²) in [4.78, 5) is 8.70. The Hall–Kier alpha value is -2.61. The van der Waals surface area contributed by atoms with Gasteiger partial charge in [0.05, 0.1) is 6.54 Å². The summed E-state index contributed by atoms with van der Waals surface area (Å²) in [5, 5.41) is 7.19. The number of benzene rings is 1. The molecule has 0 bridgehead atoms. The summed E-state index contributed by atoms with van der Waals surface area (Å²) in [7, 11) is 0. The van der Waals surface area contributed by atoms with E-state index in [2.05, 4.69) is 34.4 Å². The minimum atomic E-state index is -4.45. The van der Waals surface area contributed by atoms with Gasteiger partial charge in [0.1, 0.15) is 10.7 Å². The van der Waals surface area contributed by atoms with Crippen molar-refractivity contribution in [3.05, 3.63) is 59.4 Å². The van der Waals surface area contributed by atoms with Gasteiger partial charge < -0.3 is 10.6 Å². The Balaban J connectivity index is 1.65. The van der Waals surface area contributed by atoms with E-state index in [4.69, 9.17) is 0 Å². The van der Waals surface area contributed by atoms with Crippen molar-refractivity contribution in [1.82, 2.24) is 9.97 Å². The van der Waals surface area contributed by atoms with Crippen LogP contribution in [0.5, 0.6) is 0 Å². The standard InChI is InChI=1S/C19H19F3N4S/c1-12(2)26-14-5-3-13(4-6-14)18-25-11-16(27-18)10-24-15-7-8-23-17(9-15)19(20,21)22/h3-9,11-12,26H,10H2,1-2H3,(H,23,24). The van der Waals surface area contributed by atoms with E-state index in [1.807, 2.05) is 24.3 Å². The molecule has 142 valence electrons. The number of nitrogens with zero attached hydrogens (tertiary/aromatic N) is 2. The monoisotopic (exact) mass is 392 g/mol. The summed E-state index contributed by atoms with van der Waals surface area (Å²) in [5.74, 6) is 0. The van der Waals surface area contributed by atoms with E-state index in [-0.39, 0.29) is 0 Å². The average Bonchev–Trinajstić information content (AvgIpc) is 3.09. The lowest BCUT2D eigenvalue weighted by molar-refractivity contribution is -0.141. The first-order chi connectivity index (χ1) is 12.8. The van der Waals surface area contributed by atoms with Crippen molar-refractivity contribution < 1.29 is 13.2 Å². The summed E-state index contributed by atoms with van der Waals surface area (Å²) < 4.78 is 38.2. The number of anilines is 2. The van der Waals surface area contributed by atoms with Gasteiger partial charge in [-0.15, -0.1) is 11.3 Å². The number of nitrogens with one attached hydrogen (secondary N) is 2. The van der Waals surface area contributed by atoms with Crippen LogP contribution in [0.4, 0.5) is 24.5 Å². The molecule has 8 heteroatoms. The Kier molecular flexibility index (Phi) is 5.65. The molecule has 1 aromatic carbocycles. The van der Waals surface area contributed by atoms with Gasteiger partial charge in [-0.1, -0.05) is 0 Å². The molecule has 0 aliphatic carbocycles. The zero-order valence-corrected chi connectivity index (χ0v) is 15.7. The lowest BCUT2D eigenvalue weighted by Crippen LogP contribution is -2.09. The van der Waals surface area contributed by atoms with Gasteiger partial charge in [0.25, 0.3) is 0 Å². The highest BCUT2D eigenvalue weighted by molar-refractivity contribution is 7.15. The second-order valence-electron chi connectivity index (χ2n) is 6.29. The maximum Gasteiger partial charge on any atom is 0.433 e. The van der Waals surface area contributed by atoms with Crippen molar-refractivity contribution in [2.75, 3.05) is 10.6 Å². The Bertz CT molecular complexity index is 888. The van der Waals surface area contributed by atoms with Crippen molar-refractivity contribution in [3.8, 4) is 10.6 Å². The molecule has 0 saturated heterocycles. The topological polar surface area (TPSA) is 49.8 Å². The van der Waals surface area contributed by atoms with Gasteiger partial charge >= 0.3 is 6.18 Å². The largest absolute Gasteiger partial charge is 0.433 e. The predicted molar refractivity (Wildman–Crippen MR) is 103 cm³/mol. The lowest BCUT2D eigenvalue weighted by Gasteiger charge is -2.09. The van der Waals surface area contributed by atoms with Crippen LogP contribution in [0, 0.1) is 0 Å². The molecular formula is C19H19F3N4S. The molecule has 2 aromatic heterocycles. The van der Waals surface area contributed by atoms with Crippen molar-refractivity contribution in [2.45, 2.75) is 32.6 Å². The third kappa shape index (κ3) is 5.19. The van der Waals surface area contributed by atoms with Gasteiger partial charge in [-0.2, -0.15) is 13.2 Å². The van der Waals surface area contributed by atoms with Gasteiger partial charge in [-0.3, -0.25) is 4.98 Å². The molecule has 0 aliphatic heterocycles. The number of alkyl halides is 3. The zero-order chi connectivity index (χ0) is 19.4. The zero-order valence-electron chi connectivity index (χ0n) is 14.8. The second kappa shape index (κ2) is 7.96. The molecule has 0 unspecified atom stereocenters. The maximum atomic E-state index is 12.7. The molecular weight excluding hydrogens is 373 g/mol. The van der Waals surface area contributed by atoms with E-state index in [1.165, 1.54) is 17.4 Å². The number of halogens is 3. The molecule has 0 spiro atoms. The Labute approximate surface area is 159 Å². The third-order valence-electron chi connectivity index (χ3n) is 3.66. The summed E-state index contributed by atoms with van der Waals surface area (Å²) in [5.41, 5.74) is 1.51. The minimum absolute atomic E-state index is 0.361. The molecule has 2 N–H and O–H groups in total. The molecule has 3 rings (SSSR count). The second-order valence-corrected chi connectivity index (χ2v) is 7.40. The van der Waals surface area contributed by atoms with Crippen LogP contribution in [0.3, 0.4) is 0 Å². The number of thiazole rings is 1. The molecule has 0 atom stereocenters. The number of aromatic nitrogens is 2. The SMILES string of the molecule is CC(C)Nc1ccc(-c2ncc(CNc3ccnc(C(F)(F)F)c3)s2)cc1. The number of hydrogen-bond donors (Lipinski definition) is 2. The van der Waals surface area contributed by atoms with E-state index in [0.717, 1.165) is 33.4 Å². The fraction of sp³-hybridized carbons (Fsp3) is 0.263. The fourth-order valence-electron chi connectivity index (χ4n) is 2.45. The van der Waals surface area contributed by atoms with E-state index in [9.17, 15) is 13.2 Å². The molecule has 0 radical (unpaired) electrons. The predicted octanol–water partition coefficient (Wildman–Crippen LogP) is 5.66. The molecule has 0 fully saturated rings. The molecule has 0 amide bonds. The van der Waals surface area contributed by atoms with E-state index >= 15 is 0 Å². The van der Waals surface area contributed by atoms with Crippen LogP contribution in [0.25, 0.3) is 10.6 Å². The first-order valence-corrected chi connectivity index (χ1v) is 9.22. The molecule has 27 heavy (non-hydrogen) atoms. The number of hydrogen-bond acceptors (Lipinski definition) is 5. The summed E-state index contributed by atoms with van der Waals surface area (Å²) in [6.07, 6.45) is -1.57. The summed E-state index contributed by atoms with van der Waals surface area (Å²) in [6.45, 7) is 4.55. The third-order valence-corrected chi connectivity index (χ3v) is 4.70. The van der Waals surface area contributed by atoms with Gasteiger partial charge in [-0.05, 0) is 50.2 Å². The van der Waals surface area contributed by atoms with Crippen molar-refractivity contribution >= 4 is 22.7 Å². The highest BCUT2D eigenvalue weighted by Gasteiger charge is 2.32. The van der Waals surface area contributed by atoms with Crippen molar-refractivity contribution in [1.29, 1.82) is 0 Å². The maximum absolute atomic E-state index is 12.7. The van der Waals surface area contributed by atoms with Crippen LogP contribution < -0.4 is 10.6 Å². The average molecular weight is 392 g/mol. The van der Waals surface area contributed by atoms with E-state index < -0.39 is 11.9 Å². The normalized spacial score (nSPS) is 11.6. The van der Waals surface area contributed by atoms with Crippen LogP contribution in [0.1, 0.15) is 24.4 Å². The van der Waals surface area contributed by atoms with E-state index in [0.29, 0.717) is 18.3 Å². The highest BCUT2D eigenvalue weighted by Crippen LogP contribution is 2.30. The van der Waals surface area contributed by atoms with Crippen LogP contribution in [0.2, 0.25) is 0 Å². The van der Waals surface area contributed by atoms with E-state index in [1.54, 1.807) is 6.20 Å². The van der Waals surface area contributed by atoms with Gasteiger partial charge in [0.2, 0.25) is 0 Å². The van der Waals surface area contributed by atoms with Gasteiger partial charge in [0.15, 0.2) is 0 Å². The quantitative estimate of drug-likeness (QED) is 0.569. The Morgan fingerprint density at radius 2 is 1.78 bits per heavy atom. The summed E-state index contributed by atoms with van der Waals surface area (Å²) in [6, 6.07) is 10.9. The smallest absolute Gasteiger partial charge is 0.383 e.